The highest BCUT2D eigenvalue weighted by atomic mass is 16.5. The Labute approximate surface area is 231 Å². The first-order valence-electron chi connectivity index (χ1n) is 14.2. The third-order valence-corrected chi connectivity index (χ3v) is 7.78. The summed E-state index contributed by atoms with van der Waals surface area (Å²) in [6.45, 7) is 0.575. The van der Waals surface area contributed by atoms with Crippen LogP contribution in [-0.4, -0.2) is 53.6 Å². The van der Waals surface area contributed by atoms with Crippen LogP contribution in [0.4, 0.5) is 0 Å². The van der Waals surface area contributed by atoms with Crippen LogP contribution in [0.1, 0.15) is 62.1 Å². The minimum absolute atomic E-state index is 0.0229. The Hall–Kier alpha value is -3.45. The number of esters is 1. The molecule has 2 aliphatic rings. The summed E-state index contributed by atoms with van der Waals surface area (Å²) in [4.78, 5) is 41.6. The van der Waals surface area contributed by atoms with Gasteiger partial charge in [0.2, 0.25) is 11.8 Å². The Morgan fingerprint density at radius 2 is 1.69 bits per heavy atom. The molecular formula is C32H40N2O5. The summed E-state index contributed by atoms with van der Waals surface area (Å²) in [5.41, 5.74) is 1.93. The number of hydrogen-bond acceptors (Lipinski definition) is 5. The fourth-order valence-corrected chi connectivity index (χ4v) is 5.51. The molecule has 2 heterocycles. The van der Waals surface area contributed by atoms with Crippen LogP contribution in [0.25, 0.3) is 0 Å². The standard InChI is InChI=1S/C32H40N2O5/c35-22-28-18-11-19-34(28)30(36)21-26-16-7-1-2-8-17-27(20-24-12-5-3-6-13-24)32(38)39-23-29(33-31(26)37)25-14-9-4-10-15-25/h1,3-7,9-10,12-15,26-29,35H,2,8,11,16-23H2,(H,33,37)/t26-,27-,28+,29+/m1/s1. The lowest BCUT2D eigenvalue weighted by Gasteiger charge is -2.27. The van der Waals surface area contributed by atoms with Gasteiger partial charge in [-0.1, -0.05) is 72.8 Å². The highest BCUT2D eigenvalue weighted by Gasteiger charge is 2.32. The van der Waals surface area contributed by atoms with Crippen LogP contribution in [0.2, 0.25) is 0 Å². The van der Waals surface area contributed by atoms with Crippen molar-refractivity contribution in [3.8, 4) is 0 Å². The van der Waals surface area contributed by atoms with E-state index < -0.39 is 12.0 Å². The number of nitrogens with one attached hydrogen (secondary N) is 1. The van der Waals surface area contributed by atoms with Crippen LogP contribution in [-0.2, 0) is 25.5 Å². The minimum Gasteiger partial charge on any atom is -0.463 e. The van der Waals surface area contributed by atoms with E-state index in [1.165, 1.54) is 0 Å². The van der Waals surface area contributed by atoms with Crippen molar-refractivity contribution in [1.82, 2.24) is 10.2 Å². The number of allylic oxidation sites excluding steroid dienone is 2. The molecule has 2 aromatic rings. The molecule has 2 aliphatic heterocycles. The molecule has 2 aromatic carbocycles. The van der Waals surface area contributed by atoms with Crippen molar-refractivity contribution in [2.45, 2.75) is 63.5 Å². The van der Waals surface area contributed by atoms with Crippen molar-refractivity contribution < 1.29 is 24.2 Å². The fourth-order valence-electron chi connectivity index (χ4n) is 5.51. The van der Waals surface area contributed by atoms with Gasteiger partial charge < -0.3 is 20.1 Å². The van der Waals surface area contributed by atoms with E-state index in [0.717, 1.165) is 36.8 Å². The summed E-state index contributed by atoms with van der Waals surface area (Å²) in [5, 5.41) is 12.7. The zero-order valence-corrected chi connectivity index (χ0v) is 22.5. The molecule has 0 bridgehead atoms. The predicted molar refractivity (Wildman–Crippen MR) is 149 cm³/mol. The number of ether oxygens (including phenoxy) is 1. The van der Waals surface area contributed by atoms with Crippen molar-refractivity contribution in [3.05, 3.63) is 83.9 Å². The molecule has 0 unspecified atom stereocenters. The number of carbonyl (C=O) groups is 3. The summed E-state index contributed by atoms with van der Waals surface area (Å²) < 4.78 is 5.84. The number of cyclic esters (lactones) is 1. The number of benzene rings is 2. The Kier molecular flexibility index (Phi) is 10.7. The van der Waals surface area contributed by atoms with E-state index in [1.54, 1.807) is 4.90 Å². The number of likely N-dealkylation sites (tertiary alicyclic amines) is 1. The van der Waals surface area contributed by atoms with Crippen molar-refractivity contribution in [3.63, 3.8) is 0 Å². The number of aliphatic hydroxyl groups is 1. The van der Waals surface area contributed by atoms with Gasteiger partial charge in [-0.15, -0.1) is 0 Å². The van der Waals surface area contributed by atoms with Gasteiger partial charge in [0.15, 0.2) is 0 Å². The first-order chi connectivity index (χ1) is 19.0. The summed E-state index contributed by atoms with van der Waals surface area (Å²) in [6.07, 6.45) is 9.13. The Balaban J connectivity index is 1.52. The molecule has 1 fully saturated rings. The number of hydrogen-bond donors (Lipinski definition) is 2. The molecule has 39 heavy (non-hydrogen) atoms. The predicted octanol–water partition coefficient (Wildman–Crippen LogP) is 4.37. The number of carbonyl (C=O) groups excluding carboxylic acids is 3. The lowest BCUT2D eigenvalue weighted by atomic mass is 9.93. The highest BCUT2D eigenvalue weighted by molar-refractivity contribution is 5.86. The largest absolute Gasteiger partial charge is 0.463 e. The average Bonchev–Trinajstić information content (AvgIpc) is 3.45. The fraction of sp³-hybridized carbons (Fsp3) is 0.469. The minimum atomic E-state index is -0.552. The Morgan fingerprint density at radius 3 is 2.44 bits per heavy atom. The average molecular weight is 533 g/mol. The van der Waals surface area contributed by atoms with E-state index in [1.807, 2.05) is 72.8 Å². The summed E-state index contributed by atoms with van der Waals surface area (Å²) in [5.74, 6) is -1.42. The normalized spacial score (nSPS) is 25.0. The second kappa shape index (κ2) is 14.6. The van der Waals surface area contributed by atoms with Gasteiger partial charge in [0.1, 0.15) is 6.61 Å². The van der Waals surface area contributed by atoms with E-state index in [0.29, 0.717) is 25.8 Å². The molecule has 0 aliphatic carbocycles. The van der Waals surface area contributed by atoms with Crippen LogP contribution < -0.4 is 5.32 Å². The SMILES string of the molecule is O=C1N[C@H](c2ccccc2)COC(=O)[C@@H](Cc2ccccc2)CCCC=CC[C@@H]1CC(=O)N1CCC[C@H]1CO. The summed E-state index contributed by atoms with van der Waals surface area (Å²) in [6, 6.07) is 18.7. The van der Waals surface area contributed by atoms with Gasteiger partial charge in [0, 0.05) is 13.0 Å². The van der Waals surface area contributed by atoms with Crippen LogP contribution in [0, 0.1) is 11.8 Å². The van der Waals surface area contributed by atoms with E-state index in [2.05, 4.69) is 5.32 Å². The topological polar surface area (TPSA) is 95.9 Å². The lowest BCUT2D eigenvalue weighted by Crippen LogP contribution is -2.42. The third-order valence-electron chi connectivity index (χ3n) is 7.78. The molecule has 0 spiro atoms. The number of nitrogens with zero attached hydrogens (tertiary/aromatic N) is 1. The number of rotatable bonds is 6. The van der Waals surface area contributed by atoms with Gasteiger partial charge in [-0.3, -0.25) is 14.4 Å². The maximum atomic E-state index is 13.6. The van der Waals surface area contributed by atoms with Gasteiger partial charge in [-0.05, 0) is 56.1 Å². The molecule has 0 aromatic heterocycles. The van der Waals surface area contributed by atoms with E-state index in [4.69, 9.17) is 4.74 Å². The first kappa shape index (κ1) is 28.6. The number of aliphatic hydroxyl groups excluding tert-OH is 1. The van der Waals surface area contributed by atoms with Crippen LogP contribution in [0.3, 0.4) is 0 Å². The molecule has 2 N–H and O–H groups in total. The molecule has 0 radical (unpaired) electrons. The van der Waals surface area contributed by atoms with E-state index >= 15 is 0 Å². The van der Waals surface area contributed by atoms with Crippen molar-refractivity contribution >= 4 is 17.8 Å². The van der Waals surface area contributed by atoms with Crippen LogP contribution in [0.15, 0.2) is 72.8 Å². The monoisotopic (exact) mass is 532 g/mol. The number of amides is 2. The van der Waals surface area contributed by atoms with Crippen molar-refractivity contribution in [2.24, 2.45) is 11.8 Å². The molecule has 1 saturated heterocycles. The smallest absolute Gasteiger partial charge is 0.309 e. The first-order valence-corrected chi connectivity index (χ1v) is 14.2. The second-order valence-electron chi connectivity index (χ2n) is 10.6. The van der Waals surface area contributed by atoms with Crippen LogP contribution >= 0.6 is 0 Å². The zero-order valence-electron chi connectivity index (χ0n) is 22.5. The van der Waals surface area contributed by atoms with Crippen molar-refractivity contribution in [2.75, 3.05) is 19.8 Å². The highest BCUT2D eigenvalue weighted by Crippen LogP contribution is 2.24. The van der Waals surface area contributed by atoms with Gasteiger partial charge in [-0.25, -0.2) is 0 Å². The lowest BCUT2D eigenvalue weighted by molar-refractivity contribution is -0.150. The molecule has 4 atom stereocenters. The molecule has 7 nitrogen and oxygen atoms in total. The quantitative estimate of drug-likeness (QED) is 0.426. The van der Waals surface area contributed by atoms with Gasteiger partial charge in [0.25, 0.3) is 0 Å². The van der Waals surface area contributed by atoms with Gasteiger partial charge in [-0.2, -0.15) is 0 Å². The summed E-state index contributed by atoms with van der Waals surface area (Å²) >= 11 is 0. The van der Waals surface area contributed by atoms with Gasteiger partial charge >= 0.3 is 5.97 Å². The van der Waals surface area contributed by atoms with E-state index in [-0.39, 0.29) is 49.4 Å². The Bertz CT molecular complexity index is 1100. The summed E-state index contributed by atoms with van der Waals surface area (Å²) in [7, 11) is 0. The Morgan fingerprint density at radius 1 is 0.949 bits per heavy atom. The third kappa shape index (κ3) is 8.27. The second-order valence-corrected chi connectivity index (χ2v) is 10.6. The molecule has 208 valence electrons. The van der Waals surface area contributed by atoms with Crippen LogP contribution in [0.5, 0.6) is 0 Å². The zero-order chi connectivity index (χ0) is 27.5. The molecule has 4 rings (SSSR count). The molecule has 7 heteroatoms. The molecular weight excluding hydrogens is 492 g/mol. The molecule has 0 saturated carbocycles. The maximum Gasteiger partial charge on any atom is 0.309 e. The maximum absolute atomic E-state index is 13.6. The van der Waals surface area contributed by atoms with Crippen molar-refractivity contribution in [1.29, 1.82) is 0 Å². The van der Waals surface area contributed by atoms with Gasteiger partial charge in [0.05, 0.1) is 30.5 Å². The van der Waals surface area contributed by atoms with E-state index in [9.17, 15) is 19.5 Å². The molecule has 2 amide bonds.